The Morgan fingerprint density at radius 2 is 2.38 bits per heavy atom. The second-order valence-electron chi connectivity index (χ2n) is 3.90. The van der Waals surface area contributed by atoms with Crippen molar-refractivity contribution < 1.29 is 4.79 Å². The summed E-state index contributed by atoms with van der Waals surface area (Å²) in [5, 5.41) is 0.261. The summed E-state index contributed by atoms with van der Waals surface area (Å²) in [5.41, 5.74) is 0. The molecule has 0 bridgehead atoms. The van der Waals surface area contributed by atoms with Gasteiger partial charge in [-0.15, -0.1) is 0 Å². The van der Waals surface area contributed by atoms with Crippen LogP contribution >= 0.6 is 12.6 Å². The summed E-state index contributed by atoms with van der Waals surface area (Å²) in [5.74, 6) is 0.281. The molecular weight excluding hydrogens is 182 g/mol. The minimum Gasteiger partial charge on any atom is -0.339 e. The first-order valence-electron chi connectivity index (χ1n) is 5.12. The lowest BCUT2D eigenvalue weighted by Crippen LogP contribution is -2.34. The minimum absolute atomic E-state index is 0.261. The zero-order valence-corrected chi connectivity index (χ0v) is 9.39. The van der Waals surface area contributed by atoms with Crippen molar-refractivity contribution >= 4 is 18.5 Å². The molecular formula is C10H19NOS. The van der Waals surface area contributed by atoms with Gasteiger partial charge in [-0.3, -0.25) is 4.79 Å². The van der Waals surface area contributed by atoms with Gasteiger partial charge < -0.3 is 4.90 Å². The molecule has 3 heteroatoms. The third-order valence-corrected chi connectivity index (χ3v) is 2.99. The average molecular weight is 201 g/mol. The quantitative estimate of drug-likeness (QED) is 0.691. The van der Waals surface area contributed by atoms with Crippen LogP contribution < -0.4 is 0 Å². The highest BCUT2D eigenvalue weighted by Crippen LogP contribution is 2.20. The maximum Gasteiger partial charge on any atom is 0.224 e. The Labute approximate surface area is 86.1 Å². The summed E-state index contributed by atoms with van der Waals surface area (Å²) in [6, 6.07) is 0.407. The van der Waals surface area contributed by atoms with E-state index in [2.05, 4.69) is 26.5 Å². The van der Waals surface area contributed by atoms with Crippen molar-refractivity contribution in [3.8, 4) is 0 Å². The minimum atomic E-state index is 0.261. The van der Waals surface area contributed by atoms with E-state index < -0.39 is 0 Å². The summed E-state index contributed by atoms with van der Waals surface area (Å²) < 4.78 is 0. The number of carbonyl (C=O) groups is 1. The Kier molecular flexibility index (Phi) is 4.10. The fraction of sp³-hybridized carbons (Fsp3) is 0.900. The summed E-state index contributed by atoms with van der Waals surface area (Å²) in [6.45, 7) is 5.16. The van der Waals surface area contributed by atoms with Crippen LogP contribution in [-0.2, 0) is 4.79 Å². The Bertz CT molecular complexity index is 184. The number of rotatable bonds is 4. The lowest BCUT2D eigenvalue weighted by atomic mass is 10.1. The summed E-state index contributed by atoms with van der Waals surface area (Å²) in [7, 11) is 0. The van der Waals surface area contributed by atoms with Gasteiger partial charge in [0, 0.05) is 24.3 Å². The average Bonchev–Trinajstić information content (AvgIpc) is 2.41. The molecule has 1 rings (SSSR count). The van der Waals surface area contributed by atoms with Crippen molar-refractivity contribution in [1.82, 2.24) is 4.90 Å². The molecule has 0 N–H and O–H groups in total. The molecule has 76 valence electrons. The predicted octanol–water partition coefficient (Wildman–Crippen LogP) is 2.10. The number of carbonyl (C=O) groups excluding carboxylic acids is 1. The molecule has 1 aliphatic rings. The van der Waals surface area contributed by atoms with Gasteiger partial charge in [0.1, 0.15) is 0 Å². The first kappa shape index (κ1) is 10.9. The van der Waals surface area contributed by atoms with Gasteiger partial charge in [-0.1, -0.05) is 19.8 Å². The SMILES string of the molecule is CCCCC(C)N1CC(S)CC1=O. The van der Waals surface area contributed by atoms with Crippen LogP contribution in [0.5, 0.6) is 0 Å². The standard InChI is InChI=1S/C10H19NOS/c1-3-4-5-8(2)11-7-9(13)6-10(11)12/h8-9,13H,3-7H2,1-2H3. The molecule has 2 nitrogen and oxygen atoms in total. The summed E-state index contributed by atoms with van der Waals surface area (Å²) in [6.07, 6.45) is 4.17. The molecule has 13 heavy (non-hydrogen) atoms. The second-order valence-corrected chi connectivity index (χ2v) is 4.63. The molecule has 0 aromatic carbocycles. The van der Waals surface area contributed by atoms with Crippen molar-refractivity contribution in [2.75, 3.05) is 6.54 Å². The van der Waals surface area contributed by atoms with Crippen LogP contribution in [-0.4, -0.2) is 28.6 Å². The third-order valence-electron chi connectivity index (χ3n) is 2.65. The van der Waals surface area contributed by atoms with E-state index in [1.807, 2.05) is 4.90 Å². The number of likely N-dealkylation sites (tertiary alicyclic amines) is 1. The highest BCUT2D eigenvalue weighted by atomic mass is 32.1. The molecule has 0 aromatic heterocycles. The van der Waals surface area contributed by atoms with Crippen molar-refractivity contribution in [2.24, 2.45) is 0 Å². The van der Waals surface area contributed by atoms with Gasteiger partial charge in [0.25, 0.3) is 0 Å². The first-order chi connectivity index (χ1) is 6.15. The van der Waals surface area contributed by atoms with Crippen LogP contribution in [0, 0.1) is 0 Å². The van der Waals surface area contributed by atoms with Gasteiger partial charge >= 0.3 is 0 Å². The molecule has 1 aliphatic heterocycles. The van der Waals surface area contributed by atoms with Crippen molar-refractivity contribution in [3.05, 3.63) is 0 Å². The lowest BCUT2D eigenvalue weighted by molar-refractivity contribution is -0.129. The highest BCUT2D eigenvalue weighted by Gasteiger charge is 2.29. The molecule has 0 radical (unpaired) electrons. The number of hydrogen-bond acceptors (Lipinski definition) is 2. The fourth-order valence-corrected chi connectivity index (χ4v) is 2.13. The molecule has 2 unspecified atom stereocenters. The molecule has 0 aliphatic carbocycles. The van der Waals surface area contributed by atoms with Crippen molar-refractivity contribution in [3.63, 3.8) is 0 Å². The third kappa shape index (κ3) is 2.90. The van der Waals surface area contributed by atoms with E-state index in [9.17, 15) is 4.79 Å². The fourth-order valence-electron chi connectivity index (χ4n) is 1.79. The number of amides is 1. The molecule has 1 saturated heterocycles. The molecule has 1 heterocycles. The van der Waals surface area contributed by atoms with Crippen LogP contribution in [0.25, 0.3) is 0 Å². The van der Waals surface area contributed by atoms with Crippen LogP contribution in [0.15, 0.2) is 0 Å². The first-order valence-corrected chi connectivity index (χ1v) is 5.64. The van der Waals surface area contributed by atoms with Gasteiger partial charge in [-0.2, -0.15) is 12.6 Å². The van der Waals surface area contributed by atoms with E-state index in [0.717, 1.165) is 13.0 Å². The maximum atomic E-state index is 11.5. The van der Waals surface area contributed by atoms with Crippen molar-refractivity contribution in [1.29, 1.82) is 0 Å². The van der Waals surface area contributed by atoms with Gasteiger partial charge in [-0.25, -0.2) is 0 Å². The van der Waals surface area contributed by atoms with E-state index in [0.29, 0.717) is 12.5 Å². The largest absolute Gasteiger partial charge is 0.339 e. The number of thiol groups is 1. The summed E-state index contributed by atoms with van der Waals surface area (Å²) >= 11 is 4.33. The number of unbranched alkanes of at least 4 members (excludes halogenated alkanes) is 1. The molecule has 0 aromatic rings. The van der Waals surface area contributed by atoms with Gasteiger partial charge in [-0.05, 0) is 13.3 Å². The molecule has 0 saturated carbocycles. The Morgan fingerprint density at radius 1 is 1.69 bits per heavy atom. The van der Waals surface area contributed by atoms with E-state index in [4.69, 9.17) is 0 Å². The Balaban J connectivity index is 2.38. The number of hydrogen-bond donors (Lipinski definition) is 1. The van der Waals surface area contributed by atoms with E-state index in [1.165, 1.54) is 12.8 Å². The van der Waals surface area contributed by atoms with Crippen LogP contribution in [0.1, 0.15) is 39.5 Å². The van der Waals surface area contributed by atoms with Gasteiger partial charge in [0.15, 0.2) is 0 Å². The topological polar surface area (TPSA) is 20.3 Å². The molecule has 2 atom stereocenters. The van der Waals surface area contributed by atoms with Gasteiger partial charge in [0.2, 0.25) is 5.91 Å². The monoisotopic (exact) mass is 201 g/mol. The lowest BCUT2D eigenvalue weighted by Gasteiger charge is -2.24. The smallest absolute Gasteiger partial charge is 0.224 e. The molecule has 1 fully saturated rings. The van der Waals surface area contributed by atoms with E-state index in [1.54, 1.807) is 0 Å². The van der Waals surface area contributed by atoms with Gasteiger partial charge in [0.05, 0.1) is 0 Å². The maximum absolute atomic E-state index is 11.5. The van der Waals surface area contributed by atoms with Crippen molar-refractivity contribution in [2.45, 2.75) is 50.8 Å². The molecule has 1 amide bonds. The zero-order chi connectivity index (χ0) is 9.84. The Hall–Kier alpha value is -0.180. The normalized spacial score (nSPS) is 25.3. The number of nitrogens with zero attached hydrogens (tertiary/aromatic N) is 1. The molecule has 0 spiro atoms. The Morgan fingerprint density at radius 3 is 2.85 bits per heavy atom. The van der Waals surface area contributed by atoms with E-state index in [-0.39, 0.29) is 11.2 Å². The van der Waals surface area contributed by atoms with Crippen LogP contribution in [0.2, 0.25) is 0 Å². The zero-order valence-electron chi connectivity index (χ0n) is 8.49. The summed E-state index contributed by atoms with van der Waals surface area (Å²) in [4.78, 5) is 13.4. The highest BCUT2D eigenvalue weighted by molar-refractivity contribution is 7.81. The van der Waals surface area contributed by atoms with E-state index >= 15 is 0 Å². The van der Waals surface area contributed by atoms with Crippen LogP contribution in [0.4, 0.5) is 0 Å². The van der Waals surface area contributed by atoms with Crippen LogP contribution in [0.3, 0.4) is 0 Å². The second kappa shape index (κ2) is 4.89. The predicted molar refractivity (Wildman–Crippen MR) is 58.1 cm³/mol.